The molecule has 0 saturated carbocycles. The van der Waals surface area contributed by atoms with Crippen LogP contribution >= 0.6 is 11.8 Å². The van der Waals surface area contributed by atoms with Gasteiger partial charge < -0.3 is 9.90 Å². The Morgan fingerprint density at radius 1 is 1.64 bits per heavy atom. The molecule has 4 nitrogen and oxygen atoms in total. The molecular formula is C9H10NO3S-. The monoisotopic (exact) mass is 212 g/mol. The van der Waals surface area contributed by atoms with Gasteiger partial charge in [0, 0.05) is 5.75 Å². The number of aliphatic carboxylic acids is 1. The van der Waals surface area contributed by atoms with E-state index in [0.29, 0.717) is 11.3 Å². The third kappa shape index (κ3) is 1.08. The maximum Gasteiger partial charge on any atom is 0.233 e. The number of carbonyl (C=O) groups excluding carboxylic acids is 2. The van der Waals surface area contributed by atoms with Crippen LogP contribution in [0.15, 0.2) is 11.3 Å². The number of fused-ring (bicyclic) bond motifs is 1. The van der Waals surface area contributed by atoms with E-state index in [1.54, 1.807) is 18.7 Å². The third-order valence-corrected chi connectivity index (χ3v) is 4.18. The van der Waals surface area contributed by atoms with Crippen molar-refractivity contribution in [2.75, 3.05) is 5.75 Å². The SMILES string of the molecule is CC1=C(C(=O)[O-])N2C(=O)[C@@H](C)[C@H]2SC1. The molecule has 0 spiro atoms. The Bertz CT molecular complexity index is 350. The summed E-state index contributed by atoms with van der Waals surface area (Å²) in [5.74, 6) is -0.751. The fraction of sp³-hybridized carbons (Fsp3) is 0.556. The second kappa shape index (κ2) is 3.02. The van der Waals surface area contributed by atoms with Crippen LogP contribution in [-0.4, -0.2) is 27.9 Å². The molecule has 0 N–H and O–H groups in total. The molecule has 0 bridgehead atoms. The van der Waals surface area contributed by atoms with Crippen LogP contribution in [0.3, 0.4) is 0 Å². The molecule has 0 aromatic carbocycles. The summed E-state index contributed by atoms with van der Waals surface area (Å²) < 4.78 is 0. The van der Waals surface area contributed by atoms with E-state index < -0.39 is 5.97 Å². The van der Waals surface area contributed by atoms with Crippen molar-refractivity contribution in [3.05, 3.63) is 11.3 Å². The van der Waals surface area contributed by atoms with Crippen molar-refractivity contribution in [3.8, 4) is 0 Å². The van der Waals surface area contributed by atoms with E-state index in [1.165, 1.54) is 4.90 Å². The molecule has 0 aromatic rings. The van der Waals surface area contributed by atoms with Gasteiger partial charge in [-0.05, 0) is 12.5 Å². The van der Waals surface area contributed by atoms with E-state index in [-0.39, 0.29) is 22.9 Å². The highest BCUT2D eigenvalue weighted by Gasteiger charge is 2.48. The van der Waals surface area contributed by atoms with E-state index >= 15 is 0 Å². The van der Waals surface area contributed by atoms with Gasteiger partial charge in [0.1, 0.15) is 0 Å². The van der Waals surface area contributed by atoms with E-state index in [4.69, 9.17) is 0 Å². The second-order valence-electron chi connectivity index (χ2n) is 3.61. The zero-order valence-electron chi connectivity index (χ0n) is 7.94. The second-order valence-corrected chi connectivity index (χ2v) is 4.72. The smallest absolute Gasteiger partial charge is 0.233 e. The fourth-order valence-electron chi connectivity index (χ4n) is 1.82. The topological polar surface area (TPSA) is 60.4 Å². The van der Waals surface area contributed by atoms with Gasteiger partial charge in [-0.1, -0.05) is 6.92 Å². The number of rotatable bonds is 1. The van der Waals surface area contributed by atoms with Crippen molar-refractivity contribution < 1.29 is 14.7 Å². The molecule has 2 aliphatic heterocycles. The minimum absolute atomic E-state index is 0.000833. The maximum absolute atomic E-state index is 11.4. The maximum atomic E-state index is 11.4. The van der Waals surface area contributed by atoms with Crippen LogP contribution in [0.2, 0.25) is 0 Å². The summed E-state index contributed by atoms with van der Waals surface area (Å²) >= 11 is 1.61. The van der Waals surface area contributed by atoms with Gasteiger partial charge in [-0.15, -0.1) is 11.8 Å². The van der Waals surface area contributed by atoms with Crippen molar-refractivity contribution in [3.63, 3.8) is 0 Å². The largest absolute Gasteiger partial charge is 0.543 e. The Morgan fingerprint density at radius 2 is 2.29 bits per heavy atom. The highest BCUT2D eigenvalue weighted by atomic mass is 32.2. The Kier molecular flexibility index (Phi) is 2.06. The lowest BCUT2D eigenvalue weighted by atomic mass is 9.98. The zero-order chi connectivity index (χ0) is 10.5. The average Bonchev–Trinajstić information content (AvgIpc) is 2.15. The van der Waals surface area contributed by atoms with Gasteiger partial charge in [0.25, 0.3) is 0 Å². The summed E-state index contributed by atoms with van der Waals surface area (Å²) in [7, 11) is 0. The van der Waals surface area contributed by atoms with E-state index in [0.717, 1.165) is 0 Å². The predicted octanol–water partition coefficient (Wildman–Crippen LogP) is -0.438. The van der Waals surface area contributed by atoms with Crippen molar-refractivity contribution in [2.24, 2.45) is 5.92 Å². The van der Waals surface area contributed by atoms with Gasteiger partial charge in [0.05, 0.1) is 23.0 Å². The lowest BCUT2D eigenvalue weighted by Gasteiger charge is -2.49. The van der Waals surface area contributed by atoms with Gasteiger partial charge >= 0.3 is 0 Å². The van der Waals surface area contributed by atoms with Crippen LogP contribution < -0.4 is 5.11 Å². The lowest BCUT2D eigenvalue weighted by Crippen LogP contribution is -2.61. The van der Waals surface area contributed by atoms with E-state index in [1.807, 2.05) is 6.92 Å². The molecule has 0 unspecified atom stereocenters. The van der Waals surface area contributed by atoms with Crippen molar-refractivity contribution >= 4 is 23.6 Å². The molecule has 1 amide bonds. The molecule has 0 radical (unpaired) electrons. The molecule has 2 heterocycles. The first-order chi connectivity index (χ1) is 6.54. The normalized spacial score (nSPS) is 31.3. The number of nitrogens with zero attached hydrogens (tertiary/aromatic N) is 1. The third-order valence-electron chi connectivity index (χ3n) is 2.62. The number of β-lactam (4-membered cyclic amide) rings is 1. The van der Waals surface area contributed by atoms with Crippen molar-refractivity contribution in [2.45, 2.75) is 19.2 Å². The minimum Gasteiger partial charge on any atom is -0.543 e. The number of amides is 1. The fourth-order valence-corrected chi connectivity index (χ4v) is 3.14. The molecule has 0 aromatic heterocycles. The predicted molar refractivity (Wildman–Crippen MR) is 50.0 cm³/mol. The summed E-state index contributed by atoms with van der Waals surface area (Å²) in [6.07, 6.45) is 0. The van der Waals surface area contributed by atoms with Gasteiger partial charge in [-0.3, -0.25) is 9.69 Å². The molecule has 2 atom stereocenters. The number of hydrogen-bond donors (Lipinski definition) is 0. The summed E-state index contributed by atoms with van der Waals surface area (Å²) in [6, 6.07) is 0. The van der Waals surface area contributed by atoms with E-state index in [2.05, 4.69) is 0 Å². The quantitative estimate of drug-likeness (QED) is 0.553. The zero-order valence-corrected chi connectivity index (χ0v) is 8.76. The van der Waals surface area contributed by atoms with Crippen LogP contribution in [0.5, 0.6) is 0 Å². The number of carboxylic acid groups (broad SMARTS) is 1. The van der Waals surface area contributed by atoms with Crippen LogP contribution in [0, 0.1) is 5.92 Å². The number of carbonyl (C=O) groups is 2. The number of hydrogen-bond acceptors (Lipinski definition) is 4. The van der Waals surface area contributed by atoms with Crippen LogP contribution in [-0.2, 0) is 9.59 Å². The summed E-state index contributed by atoms with van der Waals surface area (Å²) in [6.45, 7) is 3.55. The minimum atomic E-state index is -1.24. The Hall–Kier alpha value is -0.970. The molecule has 2 aliphatic rings. The first-order valence-electron chi connectivity index (χ1n) is 4.40. The van der Waals surface area contributed by atoms with Gasteiger partial charge in [-0.2, -0.15) is 0 Å². The lowest BCUT2D eigenvalue weighted by molar-refractivity contribution is -0.301. The van der Waals surface area contributed by atoms with Crippen LogP contribution in [0.1, 0.15) is 13.8 Å². The Balaban J connectivity index is 2.37. The Labute approximate surface area is 86.0 Å². The number of thioether (sulfide) groups is 1. The van der Waals surface area contributed by atoms with Gasteiger partial charge in [-0.25, -0.2) is 0 Å². The van der Waals surface area contributed by atoms with Crippen molar-refractivity contribution in [1.82, 2.24) is 4.90 Å². The molecule has 1 fully saturated rings. The summed E-state index contributed by atoms with van der Waals surface area (Å²) in [5.41, 5.74) is 0.795. The Morgan fingerprint density at radius 3 is 2.86 bits per heavy atom. The summed E-state index contributed by atoms with van der Waals surface area (Å²) in [4.78, 5) is 23.6. The molecule has 1 saturated heterocycles. The van der Waals surface area contributed by atoms with Crippen molar-refractivity contribution in [1.29, 1.82) is 0 Å². The first-order valence-corrected chi connectivity index (χ1v) is 5.44. The standard InChI is InChI=1S/C9H11NO3S/c1-4-3-14-8-5(2)7(11)10(8)6(4)9(12)13/h5,8H,3H2,1-2H3,(H,12,13)/p-1/t5-,8-/m1/s1. The summed E-state index contributed by atoms with van der Waals surface area (Å²) in [5, 5.41) is 10.8. The molecule has 5 heteroatoms. The van der Waals surface area contributed by atoms with Gasteiger partial charge in [0.15, 0.2) is 0 Å². The highest BCUT2D eigenvalue weighted by Crippen LogP contribution is 2.42. The van der Waals surface area contributed by atoms with Crippen LogP contribution in [0.25, 0.3) is 0 Å². The average molecular weight is 212 g/mol. The molecule has 2 rings (SSSR count). The molecule has 76 valence electrons. The molecule has 14 heavy (non-hydrogen) atoms. The molecular weight excluding hydrogens is 202 g/mol. The van der Waals surface area contributed by atoms with Crippen LogP contribution in [0.4, 0.5) is 0 Å². The molecule has 0 aliphatic carbocycles. The van der Waals surface area contributed by atoms with E-state index in [9.17, 15) is 14.7 Å². The van der Waals surface area contributed by atoms with Gasteiger partial charge in [0.2, 0.25) is 5.91 Å². The highest BCUT2D eigenvalue weighted by molar-refractivity contribution is 8.00. The number of carboxylic acids is 1. The first kappa shape index (κ1) is 9.58.